The Morgan fingerprint density at radius 2 is 1.72 bits per heavy atom. The summed E-state index contributed by atoms with van der Waals surface area (Å²) in [5.41, 5.74) is 2.73. The fraction of sp³-hybridized carbons (Fsp3) is 0.625. The third-order valence-electron chi connectivity index (χ3n) is 3.26. The summed E-state index contributed by atoms with van der Waals surface area (Å²) >= 11 is 0. The second-order valence-corrected chi connectivity index (χ2v) is 5.50. The van der Waals surface area contributed by atoms with Crippen LogP contribution in [-0.4, -0.2) is 18.3 Å². The fourth-order valence-corrected chi connectivity index (χ4v) is 2.02. The van der Waals surface area contributed by atoms with Crippen LogP contribution in [0.3, 0.4) is 0 Å². The van der Waals surface area contributed by atoms with E-state index >= 15 is 0 Å². The van der Waals surface area contributed by atoms with E-state index in [0.29, 0.717) is 11.8 Å². The number of hydrogen-bond donors (Lipinski definition) is 2. The Balaban J connectivity index is 2.35. The van der Waals surface area contributed by atoms with Crippen molar-refractivity contribution in [2.75, 3.05) is 13.2 Å². The normalized spacial score (nSPS) is 12.9. The van der Waals surface area contributed by atoms with E-state index in [1.54, 1.807) is 0 Å². The number of rotatable bonds is 8. The van der Waals surface area contributed by atoms with Gasteiger partial charge in [0.25, 0.3) is 0 Å². The van der Waals surface area contributed by atoms with Crippen molar-refractivity contribution >= 4 is 0 Å². The molecule has 0 radical (unpaired) electrons. The van der Waals surface area contributed by atoms with Crippen molar-refractivity contribution in [3.8, 4) is 0 Å². The van der Waals surface area contributed by atoms with Gasteiger partial charge in [0.1, 0.15) is 0 Å². The maximum absolute atomic E-state index is 9.10. The van der Waals surface area contributed by atoms with Crippen LogP contribution in [0.15, 0.2) is 24.3 Å². The molecule has 2 nitrogen and oxygen atoms in total. The van der Waals surface area contributed by atoms with E-state index in [1.807, 2.05) is 0 Å². The Kier molecular flexibility index (Phi) is 6.99. The second kappa shape index (κ2) is 8.28. The summed E-state index contributed by atoms with van der Waals surface area (Å²) < 4.78 is 0. The van der Waals surface area contributed by atoms with E-state index in [1.165, 1.54) is 11.1 Å². The lowest BCUT2D eigenvalue weighted by molar-refractivity contribution is 0.218. The van der Waals surface area contributed by atoms with Gasteiger partial charge in [0.15, 0.2) is 0 Å². The standard InChI is InChI=1S/C16H27NO/c1-4-14(12-18)10-17-11-16-7-5-15(6-8-16)9-13(2)3/h5-8,13-14,17-18H,4,9-12H2,1-3H3. The Bertz CT molecular complexity index is 314. The molecule has 1 rings (SSSR count). The van der Waals surface area contributed by atoms with Crippen LogP contribution in [-0.2, 0) is 13.0 Å². The van der Waals surface area contributed by atoms with Crippen LogP contribution < -0.4 is 5.32 Å². The minimum Gasteiger partial charge on any atom is -0.396 e. The van der Waals surface area contributed by atoms with Crippen LogP contribution in [0.25, 0.3) is 0 Å². The van der Waals surface area contributed by atoms with Crippen LogP contribution in [0.4, 0.5) is 0 Å². The van der Waals surface area contributed by atoms with Gasteiger partial charge in [-0.2, -0.15) is 0 Å². The first-order valence-electron chi connectivity index (χ1n) is 7.05. The molecule has 0 saturated heterocycles. The second-order valence-electron chi connectivity index (χ2n) is 5.50. The predicted molar refractivity (Wildman–Crippen MR) is 77.6 cm³/mol. The summed E-state index contributed by atoms with van der Waals surface area (Å²) in [4.78, 5) is 0. The first-order chi connectivity index (χ1) is 8.65. The summed E-state index contributed by atoms with van der Waals surface area (Å²) in [6, 6.07) is 8.84. The predicted octanol–water partition coefficient (Wildman–Crippen LogP) is 2.99. The van der Waals surface area contributed by atoms with E-state index in [0.717, 1.165) is 25.9 Å². The molecule has 0 amide bonds. The first-order valence-corrected chi connectivity index (χ1v) is 7.05. The summed E-state index contributed by atoms with van der Waals surface area (Å²) in [6.07, 6.45) is 2.17. The zero-order valence-corrected chi connectivity index (χ0v) is 11.9. The van der Waals surface area contributed by atoms with Gasteiger partial charge in [-0.25, -0.2) is 0 Å². The minimum atomic E-state index is 0.275. The Morgan fingerprint density at radius 1 is 1.11 bits per heavy atom. The van der Waals surface area contributed by atoms with E-state index in [9.17, 15) is 0 Å². The first kappa shape index (κ1) is 15.2. The van der Waals surface area contributed by atoms with Gasteiger partial charge >= 0.3 is 0 Å². The smallest absolute Gasteiger partial charge is 0.0471 e. The van der Waals surface area contributed by atoms with Crippen LogP contribution in [0.1, 0.15) is 38.3 Å². The number of nitrogens with one attached hydrogen (secondary N) is 1. The van der Waals surface area contributed by atoms with Crippen molar-refractivity contribution in [2.24, 2.45) is 11.8 Å². The number of benzene rings is 1. The molecule has 1 aromatic rings. The summed E-state index contributed by atoms with van der Waals surface area (Å²) in [6.45, 7) is 8.66. The Labute approximate surface area is 111 Å². The molecule has 102 valence electrons. The van der Waals surface area contributed by atoms with Gasteiger partial charge in [-0.05, 0) is 35.8 Å². The average Bonchev–Trinajstić information content (AvgIpc) is 2.36. The highest BCUT2D eigenvalue weighted by atomic mass is 16.3. The molecule has 2 N–H and O–H groups in total. The monoisotopic (exact) mass is 249 g/mol. The lowest BCUT2D eigenvalue weighted by Crippen LogP contribution is -2.24. The summed E-state index contributed by atoms with van der Waals surface area (Å²) in [5, 5.41) is 12.5. The molecule has 1 atom stereocenters. The molecule has 0 aliphatic rings. The van der Waals surface area contributed by atoms with Crippen molar-refractivity contribution in [3.63, 3.8) is 0 Å². The van der Waals surface area contributed by atoms with E-state index in [2.05, 4.69) is 50.4 Å². The zero-order valence-electron chi connectivity index (χ0n) is 11.9. The molecule has 0 aromatic heterocycles. The molecule has 1 unspecified atom stereocenters. The zero-order chi connectivity index (χ0) is 13.4. The molecule has 18 heavy (non-hydrogen) atoms. The molecule has 0 heterocycles. The summed E-state index contributed by atoms with van der Waals surface area (Å²) in [7, 11) is 0. The molecular formula is C16H27NO. The van der Waals surface area contributed by atoms with Gasteiger partial charge in [0.2, 0.25) is 0 Å². The lowest BCUT2D eigenvalue weighted by atomic mass is 10.0. The van der Waals surface area contributed by atoms with Gasteiger partial charge in [0.05, 0.1) is 0 Å². The molecule has 0 fully saturated rings. The topological polar surface area (TPSA) is 32.3 Å². The largest absolute Gasteiger partial charge is 0.396 e. The SMILES string of the molecule is CCC(CO)CNCc1ccc(CC(C)C)cc1. The van der Waals surface area contributed by atoms with E-state index < -0.39 is 0 Å². The maximum atomic E-state index is 9.10. The van der Waals surface area contributed by atoms with Crippen molar-refractivity contribution in [3.05, 3.63) is 35.4 Å². The molecule has 0 bridgehead atoms. The van der Waals surface area contributed by atoms with E-state index in [-0.39, 0.29) is 6.61 Å². The lowest BCUT2D eigenvalue weighted by Gasteiger charge is -2.13. The van der Waals surface area contributed by atoms with Crippen LogP contribution in [0, 0.1) is 11.8 Å². The van der Waals surface area contributed by atoms with Crippen molar-refractivity contribution in [1.82, 2.24) is 5.32 Å². The Hall–Kier alpha value is -0.860. The molecule has 1 aromatic carbocycles. The average molecular weight is 249 g/mol. The van der Waals surface area contributed by atoms with Crippen LogP contribution in [0.2, 0.25) is 0 Å². The van der Waals surface area contributed by atoms with Crippen LogP contribution in [0.5, 0.6) is 0 Å². The molecule has 0 aliphatic carbocycles. The fourth-order valence-electron chi connectivity index (χ4n) is 2.02. The quantitative estimate of drug-likeness (QED) is 0.742. The molecule has 0 saturated carbocycles. The van der Waals surface area contributed by atoms with Crippen molar-refractivity contribution in [2.45, 2.75) is 40.2 Å². The molecular weight excluding hydrogens is 222 g/mol. The Morgan fingerprint density at radius 3 is 2.22 bits per heavy atom. The highest BCUT2D eigenvalue weighted by molar-refractivity contribution is 5.22. The molecule has 0 spiro atoms. The molecule has 2 heteroatoms. The van der Waals surface area contributed by atoms with Gasteiger partial charge in [-0.15, -0.1) is 0 Å². The maximum Gasteiger partial charge on any atom is 0.0471 e. The number of aliphatic hydroxyl groups excluding tert-OH is 1. The number of aliphatic hydroxyl groups is 1. The van der Waals surface area contributed by atoms with Crippen LogP contribution >= 0.6 is 0 Å². The minimum absolute atomic E-state index is 0.275. The van der Waals surface area contributed by atoms with Crippen molar-refractivity contribution < 1.29 is 5.11 Å². The van der Waals surface area contributed by atoms with Gasteiger partial charge < -0.3 is 10.4 Å². The highest BCUT2D eigenvalue weighted by Gasteiger charge is 2.03. The molecule has 0 aliphatic heterocycles. The highest BCUT2D eigenvalue weighted by Crippen LogP contribution is 2.10. The third-order valence-corrected chi connectivity index (χ3v) is 3.26. The van der Waals surface area contributed by atoms with Gasteiger partial charge in [-0.3, -0.25) is 0 Å². The third kappa shape index (κ3) is 5.65. The van der Waals surface area contributed by atoms with Gasteiger partial charge in [0, 0.05) is 19.7 Å². The van der Waals surface area contributed by atoms with Gasteiger partial charge in [-0.1, -0.05) is 45.0 Å². The number of hydrogen-bond acceptors (Lipinski definition) is 2. The van der Waals surface area contributed by atoms with Crippen molar-refractivity contribution in [1.29, 1.82) is 0 Å². The van der Waals surface area contributed by atoms with E-state index in [4.69, 9.17) is 5.11 Å². The summed E-state index contributed by atoms with van der Waals surface area (Å²) in [5.74, 6) is 1.09.